The number of azide groups is 1. The van der Waals surface area contributed by atoms with Crippen LogP contribution in [-0.4, -0.2) is 51.8 Å². The molecule has 0 aliphatic heterocycles. The van der Waals surface area contributed by atoms with E-state index in [1.165, 1.54) is 7.11 Å². The van der Waals surface area contributed by atoms with Gasteiger partial charge in [-0.2, -0.15) is 0 Å². The Morgan fingerprint density at radius 2 is 1.71 bits per heavy atom. The van der Waals surface area contributed by atoms with Gasteiger partial charge in [-0.15, -0.1) is 0 Å². The topological polar surface area (TPSA) is 123 Å². The van der Waals surface area contributed by atoms with Gasteiger partial charge < -0.3 is 19.2 Å². The number of esters is 1. The summed E-state index contributed by atoms with van der Waals surface area (Å²) >= 11 is 0. The van der Waals surface area contributed by atoms with E-state index in [9.17, 15) is 9.59 Å². The number of rotatable bonds is 9. The second kappa shape index (κ2) is 10.7. The normalized spacial score (nSPS) is 14.5. The van der Waals surface area contributed by atoms with Crippen molar-refractivity contribution in [3.8, 4) is 0 Å². The Morgan fingerprint density at radius 1 is 1.14 bits per heavy atom. The minimum Gasteiger partial charge on any atom is -0.467 e. The predicted molar refractivity (Wildman–Crippen MR) is 110 cm³/mol. The molecule has 0 saturated heterocycles. The lowest BCUT2D eigenvalue weighted by atomic mass is 10.1. The van der Waals surface area contributed by atoms with Gasteiger partial charge in [-0.25, -0.2) is 9.59 Å². The van der Waals surface area contributed by atoms with Crippen molar-refractivity contribution in [2.75, 3.05) is 13.7 Å². The van der Waals surface area contributed by atoms with Gasteiger partial charge in [-0.05, 0) is 57.3 Å². The molecule has 0 aromatic carbocycles. The average molecular weight is 417 g/mol. The van der Waals surface area contributed by atoms with Crippen LogP contribution in [-0.2, 0) is 18.7 Å². The van der Waals surface area contributed by atoms with E-state index in [0.717, 1.165) is 0 Å². The standard InChI is InChI=1S/C18H36N4O5Si/c1-17(2,3)27-16(24)20-14(15(23)25-7)11-10-13(21-22-19)12-26-28(8,9)18(4,5)6/h13-14H,10-12H2,1-9H3,(H,20,24)/t13-,14?/m1/s1. The van der Waals surface area contributed by atoms with Gasteiger partial charge in [-0.1, -0.05) is 25.9 Å². The predicted octanol–water partition coefficient (Wildman–Crippen LogP) is 4.53. The molecule has 2 atom stereocenters. The fourth-order valence-electron chi connectivity index (χ4n) is 1.97. The number of nitrogens with zero attached hydrogens (tertiary/aromatic N) is 3. The minimum absolute atomic E-state index is 0.0285. The molecule has 0 aliphatic carbocycles. The van der Waals surface area contributed by atoms with Gasteiger partial charge in [0.1, 0.15) is 11.6 Å². The summed E-state index contributed by atoms with van der Waals surface area (Å²) < 4.78 is 16.1. The summed E-state index contributed by atoms with van der Waals surface area (Å²) in [5.74, 6) is -0.587. The van der Waals surface area contributed by atoms with E-state index in [2.05, 4.69) is 49.2 Å². The molecule has 10 heteroatoms. The number of alkyl carbamates (subject to hydrolysis) is 1. The molecule has 162 valence electrons. The van der Waals surface area contributed by atoms with Crippen molar-refractivity contribution in [2.24, 2.45) is 5.11 Å². The lowest BCUT2D eigenvalue weighted by molar-refractivity contribution is -0.143. The number of amides is 1. The van der Waals surface area contributed by atoms with E-state index in [1.807, 2.05) is 0 Å². The number of hydrogen-bond acceptors (Lipinski definition) is 6. The van der Waals surface area contributed by atoms with E-state index in [4.69, 9.17) is 19.4 Å². The van der Waals surface area contributed by atoms with Crippen molar-refractivity contribution in [3.63, 3.8) is 0 Å². The Morgan fingerprint density at radius 3 is 2.14 bits per heavy atom. The lowest BCUT2D eigenvalue weighted by Gasteiger charge is -2.37. The third-order valence-corrected chi connectivity index (χ3v) is 9.12. The smallest absolute Gasteiger partial charge is 0.408 e. The second-order valence-electron chi connectivity index (χ2n) is 9.23. The molecule has 0 saturated carbocycles. The summed E-state index contributed by atoms with van der Waals surface area (Å²) in [6, 6.07) is -1.35. The quantitative estimate of drug-likeness (QED) is 0.194. The first-order valence-electron chi connectivity index (χ1n) is 9.38. The summed E-state index contributed by atoms with van der Waals surface area (Å²) in [6.45, 7) is 16.1. The highest BCUT2D eigenvalue weighted by Crippen LogP contribution is 2.36. The van der Waals surface area contributed by atoms with E-state index in [1.54, 1.807) is 20.8 Å². The SMILES string of the molecule is COC(=O)C(CC[C@H](CO[Si](C)(C)C(C)(C)C)N=[N+]=[N-])NC(=O)OC(C)(C)C. The second-order valence-corrected chi connectivity index (χ2v) is 14.0. The van der Waals surface area contributed by atoms with Crippen molar-refractivity contribution < 1.29 is 23.5 Å². The first-order chi connectivity index (χ1) is 12.6. The fraction of sp³-hybridized carbons (Fsp3) is 0.889. The van der Waals surface area contributed by atoms with Gasteiger partial charge in [-0.3, -0.25) is 0 Å². The number of nitrogens with one attached hydrogen (secondary N) is 1. The van der Waals surface area contributed by atoms with Crippen molar-refractivity contribution in [2.45, 2.75) is 90.2 Å². The third-order valence-electron chi connectivity index (χ3n) is 4.62. The Kier molecular flexibility index (Phi) is 10.0. The van der Waals surface area contributed by atoms with Gasteiger partial charge >= 0.3 is 12.1 Å². The third kappa shape index (κ3) is 9.96. The molecule has 9 nitrogen and oxygen atoms in total. The highest BCUT2D eigenvalue weighted by molar-refractivity contribution is 6.74. The Labute approximate surface area is 169 Å². The van der Waals surface area contributed by atoms with Crippen LogP contribution in [0.15, 0.2) is 5.11 Å². The zero-order valence-corrected chi connectivity index (χ0v) is 19.7. The van der Waals surface area contributed by atoms with Crippen LogP contribution in [0.5, 0.6) is 0 Å². The number of carbonyl (C=O) groups is 2. The molecule has 28 heavy (non-hydrogen) atoms. The van der Waals surface area contributed by atoms with Crippen LogP contribution >= 0.6 is 0 Å². The van der Waals surface area contributed by atoms with Crippen molar-refractivity contribution in [1.29, 1.82) is 0 Å². The molecule has 0 radical (unpaired) electrons. The Balaban J connectivity index is 4.99. The molecule has 0 rings (SSSR count). The highest BCUT2D eigenvalue weighted by atomic mass is 28.4. The van der Waals surface area contributed by atoms with Crippen LogP contribution in [0.1, 0.15) is 54.4 Å². The maximum atomic E-state index is 12.0. The largest absolute Gasteiger partial charge is 0.467 e. The average Bonchev–Trinajstić information content (AvgIpc) is 2.52. The van der Waals surface area contributed by atoms with E-state index in [-0.39, 0.29) is 18.1 Å². The maximum Gasteiger partial charge on any atom is 0.408 e. The van der Waals surface area contributed by atoms with Crippen molar-refractivity contribution >= 4 is 20.4 Å². The van der Waals surface area contributed by atoms with Gasteiger partial charge in [0.15, 0.2) is 8.32 Å². The van der Waals surface area contributed by atoms with Gasteiger partial charge in [0.25, 0.3) is 0 Å². The van der Waals surface area contributed by atoms with Crippen LogP contribution in [0, 0.1) is 0 Å². The first-order valence-corrected chi connectivity index (χ1v) is 12.3. The number of methoxy groups -OCH3 is 1. The van der Waals surface area contributed by atoms with E-state index >= 15 is 0 Å². The summed E-state index contributed by atoms with van der Waals surface area (Å²) in [5.41, 5.74) is 8.17. The monoisotopic (exact) mass is 416 g/mol. The molecular formula is C18H36N4O5Si. The first kappa shape index (κ1) is 26.2. The van der Waals surface area contributed by atoms with Crippen molar-refractivity contribution in [3.05, 3.63) is 10.4 Å². The van der Waals surface area contributed by atoms with E-state index in [0.29, 0.717) is 6.42 Å². The highest BCUT2D eigenvalue weighted by Gasteiger charge is 2.37. The van der Waals surface area contributed by atoms with Gasteiger partial charge in [0, 0.05) is 11.5 Å². The molecule has 1 amide bonds. The summed E-state index contributed by atoms with van der Waals surface area (Å²) in [6.07, 6.45) is -0.120. The molecule has 1 N–H and O–H groups in total. The zero-order valence-electron chi connectivity index (χ0n) is 18.7. The lowest BCUT2D eigenvalue weighted by Crippen LogP contribution is -2.45. The molecular weight excluding hydrogens is 380 g/mol. The molecule has 0 heterocycles. The number of hydrogen-bond donors (Lipinski definition) is 1. The fourth-order valence-corrected chi connectivity index (χ4v) is 3.01. The molecule has 0 bridgehead atoms. The van der Waals surface area contributed by atoms with E-state index < -0.39 is 38.1 Å². The molecule has 1 unspecified atom stereocenters. The van der Waals surface area contributed by atoms with Gasteiger partial charge in [0.2, 0.25) is 0 Å². The number of carbonyl (C=O) groups excluding carboxylic acids is 2. The Hall–Kier alpha value is -1.77. The van der Waals surface area contributed by atoms with Crippen LogP contribution in [0.4, 0.5) is 4.79 Å². The molecule has 0 aliphatic rings. The maximum absolute atomic E-state index is 12.0. The zero-order chi connectivity index (χ0) is 22.2. The summed E-state index contributed by atoms with van der Waals surface area (Å²) in [4.78, 5) is 26.9. The summed E-state index contributed by atoms with van der Waals surface area (Å²) in [5, 5.41) is 6.33. The summed E-state index contributed by atoms with van der Waals surface area (Å²) in [7, 11) is -0.752. The van der Waals surface area contributed by atoms with Gasteiger partial charge in [0.05, 0.1) is 13.2 Å². The van der Waals surface area contributed by atoms with Crippen LogP contribution in [0.3, 0.4) is 0 Å². The van der Waals surface area contributed by atoms with Crippen LogP contribution in [0.2, 0.25) is 18.1 Å². The molecule has 0 aromatic heterocycles. The van der Waals surface area contributed by atoms with Crippen LogP contribution in [0.25, 0.3) is 10.4 Å². The molecule has 0 spiro atoms. The van der Waals surface area contributed by atoms with Crippen LogP contribution < -0.4 is 5.32 Å². The van der Waals surface area contributed by atoms with Crippen molar-refractivity contribution in [1.82, 2.24) is 5.32 Å². The molecule has 0 fully saturated rings. The Bertz CT molecular complexity index is 578. The number of ether oxygens (including phenoxy) is 2. The minimum atomic E-state index is -2.00. The molecule has 0 aromatic rings.